The van der Waals surface area contributed by atoms with Crippen LogP contribution in [0.4, 0.5) is 0 Å². The van der Waals surface area contributed by atoms with Crippen LogP contribution in [-0.4, -0.2) is 37.0 Å². The van der Waals surface area contributed by atoms with Gasteiger partial charge < -0.3 is 10.2 Å². The molecule has 1 saturated heterocycles. The van der Waals surface area contributed by atoms with E-state index in [0.29, 0.717) is 15.6 Å². The highest BCUT2D eigenvalue weighted by Crippen LogP contribution is 2.23. The molecule has 1 aromatic carbocycles. The summed E-state index contributed by atoms with van der Waals surface area (Å²) in [6, 6.07) is 5.27. The fraction of sp³-hybridized carbons (Fsp3) is 0.500. The first-order valence-corrected chi connectivity index (χ1v) is 7.28. The highest BCUT2D eigenvalue weighted by Gasteiger charge is 2.23. The number of hydrogen-bond donors (Lipinski definition) is 1. The SMILES string of the molecule is CN(C(=O)c1ccc(Cl)cc1Cl)C1CCCNCC1. The fourth-order valence-electron chi connectivity index (χ4n) is 2.41. The Hall–Kier alpha value is -0.770. The molecule has 0 radical (unpaired) electrons. The molecule has 0 bridgehead atoms. The molecule has 0 aliphatic carbocycles. The molecule has 1 aliphatic rings. The molecule has 1 atom stereocenters. The second kappa shape index (κ2) is 6.60. The number of nitrogens with zero attached hydrogens (tertiary/aromatic N) is 1. The van der Waals surface area contributed by atoms with Crippen LogP contribution in [0.3, 0.4) is 0 Å². The minimum Gasteiger partial charge on any atom is -0.339 e. The molecular formula is C14H18Cl2N2O. The largest absolute Gasteiger partial charge is 0.339 e. The Morgan fingerprint density at radius 3 is 2.84 bits per heavy atom. The number of rotatable bonds is 2. The third-order valence-corrected chi connectivity index (χ3v) is 4.12. The van der Waals surface area contributed by atoms with Crippen LogP contribution in [-0.2, 0) is 0 Å². The molecular weight excluding hydrogens is 283 g/mol. The molecule has 1 aromatic rings. The molecule has 3 nitrogen and oxygen atoms in total. The standard InChI is InChI=1S/C14H18Cl2N2O/c1-18(11-3-2-7-17-8-6-11)14(19)12-5-4-10(15)9-13(12)16/h4-5,9,11,17H,2-3,6-8H2,1H3. The van der Waals surface area contributed by atoms with E-state index in [1.807, 2.05) is 11.9 Å². The number of amides is 1. The summed E-state index contributed by atoms with van der Waals surface area (Å²) in [5.41, 5.74) is 0.519. The number of hydrogen-bond acceptors (Lipinski definition) is 2. The zero-order valence-electron chi connectivity index (χ0n) is 11.0. The van der Waals surface area contributed by atoms with Gasteiger partial charge in [-0.05, 0) is 50.6 Å². The molecule has 2 rings (SSSR count). The van der Waals surface area contributed by atoms with Crippen LogP contribution >= 0.6 is 23.2 Å². The lowest BCUT2D eigenvalue weighted by atomic mass is 10.1. The Balaban J connectivity index is 2.13. The molecule has 104 valence electrons. The first-order valence-electron chi connectivity index (χ1n) is 6.52. The summed E-state index contributed by atoms with van der Waals surface area (Å²) < 4.78 is 0. The van der Waals surface area contributed by atoms with Crippen LogP contribution in [0.5, 0.6) is 0 Å². The number of carbonyl (C=O) groups excluding carboxylic acids is 1. The van der Waals surface area contributed by atoms with Crippen LogP contribution in [0.15, 0.2) is 18.2 Å². The fourth-order valence-corrected chi connectivity index (χ4v) is 2.90. The van der Waals surface area contributed by atoms with E-state index < -0.39 is 0 Å². The smallest absolute Gasteiger partial charge is 0.255 e. The molecule has 0 saturated carbocycles. The molecule has 1 amide bonds. The van der Waals surface area contributed by atoms with Crippen LogP contribution in [0.2, 0.25) is 10.0 Å². The average Bonchev–Trinajstić information content (AvgIpc) is 2.66. The molecule has 19 heavy (non-hydrogen) atoms. The van der Waals surface area contributed by atoms with E-state index >= 15 is 0 Å². The Labute approximate surface area is 123 Å². The third-order valence-electron chi connectivity index (χ3n) is 3.57. The Morgan fingerprint density at radius 2 is 2.11 bits per heavy atom. The van der Waals surface area contributed by atoms with Crippen molar-refractivity contribution in [2.24, 2.45) is 0 Å². The first kappa shape index (κ1) is 14.6. The zero-order valence-corrected chi connectivity index (χ0v) is 12.5. The Bertz CT molecular complexity index is 457. The van der Waals surface area contributed by atoms with Crippen LogP contribution < -0.4 is 5.32 Å². The number of carbonyl (C=O) groups is 1. The lowest BCUT2D eigenvalue weighted by molar-refractivity contribution is 0.0720. The molecule has 1 aliphatic heterocycles. The van der Waals surface area contributed by atoms with E-state index in [2.05, 4.69) is 5.32 Å². The van der Waals surface area contributed by atoms with Crippen molar-refractivity contribution in [3.05, 3.63) is 33.8 Å². The summed E-state index contributed by atoms with van der Waals surface area (Å²) in [6.45, 7) is 1.98. The molecule has 5 heteroatoms. The van der Waals surface area contributed by atoms with E-state index in [9.17, 15) is 4.79 Å². The predicted molar refractivity (Wildman–Crippen MR) is 79.1 cm³/mol. The van der Waals surface area contributed by atoms with Gasteiger partial charge in [0.05, 0.1) is 10.6 Å². The summed E-state index contributed by atoms with van der Waals surface area (Å²) >= 11 is 11.9. The second-order valence-electron chi connectivity index (χ2n) is 4.87. The summed E-state index contributed by atoms with van der Waals surface area (Å²) in [6.07, 6.45) is 3.10. The summed E-state index contributed by atoms with van der Waals surface area (Å²) in [7, 11) is 1.85. The molecule has 1 unspecified atom stereocenters. The summed E-state index contributed by atoms with van der Waals surface area (Å²) in [4.78, 5) is 14.3. The van der Waals surface area contributed by atoms with Crippen molar-refractivity contribution in [1.29, 1.82) is 0 Å². The van der Waals surface area contributed by atoms with E-state index in [1.54, 1.807) is 18.2 Å². The van der Waals surface area contributed by atoms with Crippen molar-refractivity contribution in [3.63, 3.8) is 0 Å². The number of halogens is 2. The molecule has 1 N–H and O–H groups in total. The van der Waals surface area contributed by atoms with Crippen molar-refractivity contribution in [3.8, 4) is 0 Å². The van der Waals surface area contributed by atoms with Gasteiger partial charge in [0.15, 0.2) is 0 Å². The van der Waals surface area contributed by atoms with Gasteiger partial charge in [-0.3, -0.25) is 4.79 Å². The van der Waals surface area contributed by atoms with Gasteiger partial charge in [-0.15, -0.1) is 0 Å². The van der Waals surface area contributed by atoms with Gasteiger partial charge in [-0.2, -0.15) is 0 Å². The van der Waals surface area contributed by atoms with Gasteiger partial charge in [0.25, 0.3) is 5.91 Å². The van der Waals surface area contributed by atoms with Gasteiger partial charge in [0, 0.05) is 18.1 Å². The molecule has 0 spiro atoms. The average molecular weight is 301 g/mol. The van der Waals surface area contributed by atoms with Crippen molar-refractivity contribution >= 4 is 29.1 Å². The highest BCUT2D eigenvalue weighted by atomic mass is 35.5. The minimum atomic E-state index is -0.0337. The lowest BCUT2D eigenvalue weighted by Crippen LogP contribution is -2.37. The Kier molecular flexibility index (Phi) is 5.08. The van der Waals surface area contributed by atoms with E-state index in [0.717, 1.165) is 32.4 Å². The highest BCUT2D eigenvalue weighted by molar-refractivity contribution is 6.36. The normalized spacial score (nSPS) is 19.8. The zero-order chi connectivity index (χ0) is 13.8. The van der Waals surface area contributed by atoms with Gasteiger partial charge in [0.2, 0.25) is 0 Å². The van der Waals surface area contributed by atoms with Gasteiger partial charge >= 0.3 is 0 Å². The van der Waals surface area contributed by atoms with E-state index in [4.69, 9.17) is 23.2 Å². The van der Waals surface area contributed by atoms with Crippen LogP contribution in [0, 0.1) is 0 Å². The summed E-state index contributed by atoms with van der Waals surface area (Å²) in [5, 5.41) is 4.31. The van der Waals surface area contributed by atoms with Gasteiger partial charge in [-0.1, -0.05) is 23.2 Å². The van der Waals surface area contributed by atoms with Crippen molar-refractivity contribution < 1.29 is 4.79 Å². The van der Waals surface area contributed by atoms with E-state index in [1.165, 1.54) is 0 Å². The van der Waals surface area contributed by atoms with Gasteiger partial charge in [0.1, 0.15) is 0 Å². The number of benzene rings is 1. The Morgan fingerprint density at radius 1 is 1.32 bits per heavy atom. The topological polar surface area (TPSA) is 32.3 Å². The quantitative estimate of drug-likeness (QED) is 0.909. The molecule has 1 heterocycles. The maximum Gasteiger partial charge on any atom is 0.255 e. The van der Waals surface area contributed by atoms with Crippen molar-refractivity contribution in [1.82, 2.24) is 10.2 Å². The first-order chi connectivity index (χ1) is 9.09. The van der Waals surface area contributed by atoms with Gasteiger partial charge in [-0.25, -0.2) is 0 Å². The van der Waals surface area contributed by atoms with Crippen LogP contribution in [0.25, 0.3) is 0 Å². The molecule has 0 aromatic heterocycles. The van der Waals surface area contributed by atoms with E-state index in [-0.39, 0.29) is 11.9 Å². The lowest BCUT2D eigenvalue weighted by Gasteiger charge is -2.27. The van der Waals surface area contributed by atoms with Crippen LogP contribution in [0.1, 0.15) is 29.6 Å². The molecule has 1 fully saturated rings. The minimum absolute atomic E-state index is 0.0337. The van der Waals surface area contributed by atoms with Crippen molar-refractivity contribution in [2.75, 3.05) is 20.1 Å². The maximum absolute atomic E-state index is 12.5. The number of nitrogens with one attached hydrogen (secondary N) is 1. The maximum atomic E-state index is 12.5. The predicted octanol–water partition coefficient (Wildman–Crippen LogP) is 3.21. The third kappa shape index (κ3) is 3.62. The van der Waals surface area contributed by atoms with Crippen molar-refractivity contribution in [2.45, 2.75) is 25.3 Å². The second-order valence-corrected chi connectivity index (χ2v) is 5.72. The monoisotopic (exact) mass is 300 g/mol. The summed E-state index contributed by atoms with van der Waals surface area (Å²) in [5.74, 6) is -0.0337.